The lowest BCUT2D eigenvalue weighted by Gasteiger charge is -2.43. The molecule has 2 aliphatic rings. The number of rotatable bonds is 9. The number of esters is 2. The fourth-order valence-electron chi connectivity index (χ4n) is 4.89. The lowest BCUT2D eigenvalue weighted by atomic mass is 9.79. The molecule has 0 N–H and O–H groups in total. The molecular weight excluding hydrogens is 436 g/mol. The molecule has 1 saturated heterocycles. The van der Waals surface area contributed by atoms with Crippen LogP contribution in [0, 0.1) is 5.92 Å². The molecule has 0 amide bonds. The normalized spacial score (nSPS) is 27.9. The number of hydrogen-bond donors (Lipinski definition) is 0. The van der Waals surface area contributed by atoms with Gasteiger partial charge in [-0.15, -0.1) is 0 Å². The van der Waals surface area contributed by atoms with Crippen molar-refractivity contribution in [1.29, 1.82) is 0 Å². The molecule has 0 spiro atoms. The number of carbonyl (C=O) groups excluding carboxylic acids is 2. The van der Waals surface area contributed by atoms with Gasteiger partial charge in [0.15, 0.2) is 12.4 Å². The van der Waals surface area contributed by atoms with Crippen LogP contribution in [0.3, 0.4) is 0 Å². The first-order chi connectivity index (χ1) is 16.1. The summed E-state index contributed by atoms with van der Waals surface area (Å²) in [6.45, 7) is 12.4. The minimum atomic E-state index is -0.790. The highest BCUT2D eigenvalue weighted by Crippen LogP contribution is 2.39. The van der Waals surface area contributed by atoms with E-state index < -0.39 is 30.4 Å². The topological polar surface area (TPSA) is 80.3 Å². The molecule has 0 aromatic heterocycles. The van der Waals surface area contributed by atoms with Gasteiger partial charge >= 0.3 is 11.9 Å². The smallest absolute Gasteiger partial charge is 0.303 e. The first kappa shape index (κ1) is 26.5. The molecule has 34 heavy (non-hydrogen) atoms. The van der Waals surface area contributed by atoms with Crippen LogP contribution in [0.1, 0.15) is 78.4 Å². The van der Waals surface area contributed by atoms with E-state index in [0.29, 0.717) is 6.61 Å². The average Bonchev–Trinajstić information content (AvgIpc) is 2.77. The molecular formula is C27H40O7. The summed E-state index contributed by atoms with van der Waals surface area (Å²) >= 11 is 0. The van der Waals surface area contributed by atoms with Gasteiger partial charge in [0, 0.05) is 31.9 Å². The highest BCUT2D eigenvalue weighted by molar-refractivity contribution is 5.67. The van der Waals surface area contributed by atoms with Crippen molar-refractivity contribution in [3.63, 3.8) is 0 Å². The average molecular weight is 477 g/mol. The summed E-state index contributed by atoms with van der Waals surface area (Å²) < 4.78 is 29.0. The molecule has 2 aliphatic heterocycles. The third-order valence-electron chi connectivity index (χ3n) is 6.91. The molecule has 7 nitrogen and oxygen atoms in total. The highest BCUT2D eigenvalue weighted by Gasteiger charge is 2.47. The number of fused-ring (bicyclic) bond motifs is 1. The maximum absolute atomic E-state index is 11.7. The number of unbranched alkanes of at least 4 members (excludes halogenated alkanes) is 1. The second-order valence-electron chi connectivity index (χ2n) is 10.1. The zero-order valence-corrected chi connectivity index (χ0v) is 21.4. The summed E-state index contributed by atoms with van der Waals surface area (Å²) in [5, 5.41) is 0. The van der Waals surface area contributed by atoms with Crippen LogP contribution < -0.4 is 4.74 Å². The van der Waals surface area contributed by atoms with Gasteiger partial charge in [0.25, 0.3) is 0 Å². The van der Waals surface area contributed by atoms with Crippen molar-refractivity contribution in [3.8, 4) is 5.75 Å². The Morgan fingerprint density at radius 1 is 1.09 bits per heavy atom. The molecule has 0 radical (unpaired) electrons. The monoisotopic (exact) mass is 476 g/mol. The van der Waals surface area contributed by atoms with Crippen molar-refractivity contribution in [2.24, 2.45) is 5.92 Å². The van der Waals surface area contributed by atoms with Crippen LogP contribution >= 0.6 is 0 Å². The summed E-state index contributed by atoms with van der Waals surface area (Å²) in [5.41, 5.74) is 2.70. The summed E-state index contributed by atoms with van der Waals surface area (Å²) in [7, 11) is 0. The van der Waals surface area contributed by atoms with Crippen molar-refractivity contribution >= 4 is 11.9 Å². The maximum atomic E-state index is 11.7. The lowest BCUT2D eigenvalue weighted by molar-refractivity contribution is -0.290. The quantitative estimate of drug-likeness (QED) is 0.377. The van der Waals surface area contributed by atoms with Crippen molar-refractivity contribution in [2.75, 3.05) is 13.2 Å². The van der Waals surface area contributed by atoms with E-state index in [0.717, 1.165) is 44.5 Å². The molecule has 190 valence electrons. The minimum absolute atomic E-state index is 0.115. The highest BCUT2D eigenvalue weighted by atomic mass is 16.7. The number of aryl methyl sites for hydroxylation is 1. The molecule has 1 aromatic rings. The number of carbonyl (C=O) groups is 2. The number of ether oxygens (including phenoxy) is 5. The molecule has 5 atom stereocenters. The zero-order chi connectivity index (χ0) is 24.9. The van der Waals surface area contributed by atoms with E-state index in [9.17, 15) is 9.59 Å². The molecule has 1 fully saturated rings. The first-order valence-electron chi connectivity index (χ1n) is 12.5. The maximum Gasteiger partial charge on any atom is 0.303 e. The molecule has 0 bridgehead atoms. The van der Waals surface area contributed by atoms with Gasteiger partial charge in [-0.05, 0) is 49.1 Å². The Kier molecular flexibility index (Phi) is 8.99. The van der Waals surface area contributed by atoms with Crippen molar-refractivity contribution in [3.05, 3.63) is 29.3 Å². The fraction of sp³-hybridized carbons (Fsp3) is 0.704. The lowest BCUT2D eigenvalue weighted by Crippen LogP contribution is -2.57. The molecule has 0 aliphatic carbocycles. The Labute approximate surface area is 203 Å². The van der Waals surface area contributed by atoms with E-state index in [1.165, 1.54) is 25.0 Å². The molecule has 7 heteroatoms. The van der Waals surface area contributed by atoms with Gasteiger partial charge in [0.05, 0.1) is 12.7 Å². The van der Waals surface area contributed by atoms with E-state index in [4.69, 9.17) is 23.7 Å². The van der Waals surface area contributed by atoms with Gasteiger partial charge < -0.3 is 23.7 Å². The van der Waals surface area contributed by atoms with Gasteiger partial charge in [-0.2, -0.15) is 0 Å². The molecule has 5 unspecified atom stereocenters. The van der Waals surface area contributed by atoms with Gasteiger partial charge in [-0.3, -0.25) is 9.59 Å². The molecule has 0 saturated carbocycles. The Morgan fingerprint density at radius 2 is 1.79 bits per heavy atom. The van der Waals surface area contributed by atoms with Crippen molar-refractivity contribution in [1.82, 2.24) is 0 Å². The van der Waals surface area contributed by atoms with Crippen LogP contribution in [0.15, 0.2) is 18.2 Å². The Balaban J connectivity index is 1.57. The van der Waals surface area contributed by atoms with Crippen LogP contribution in [0.2, 0.25) is 0 Å². The zero-order valence-electron chi connectivity index (χ0n) is 21.4. The molecule has 1 aromatic carbocycles. The summed E-state index contributed by atoms with van der Waals surface area (Å²) in [4.78, 5) is 23.4. The van der Waals surface area contributed by atoms with Crippen LogP contribution in [0.5, 0.6) is 5.75 Å². The predicted octanol–water partition coefficient (Wildman–Crippen LogP) is 4.72. The third kappa shape index (κ3) is 6.51. The van der Waals surface area contributed by atoms with Crippen LogP contribution in [-0.4, -0.2) is 49.8 Å². The van der Waals surface area contributed by atoms with Gasteiger partial charge in [-0.25, -0.2) is 0 Å². The van der Waals surface area contributed by atoms with E-state index in [-0.39, 0.29) is 17.4 Å². The minimum Gasteiger partial charge on any atom is -0.493 e. The first-order valence-corrected chi connectivity index (χ1v) is 12.5. The number of hydrogen-bond acceptors (Lipinski definition) is 7. The third-order valence-corrected chi connectivity index (χ3v) is 6.91. The summed E-state index contributed by atoms with van der Waals surface area (Å²) in [5.74, 6) is 0.00983. The van der Waals surface area contributed by atoms with Gasteiger partial charge in [-0.1, -0.05) is 39.8 Å². The van der Waals surface area contributed by atoms with E-state index in [1.54, 1.807) is 0 Å². The summed E-state index contributed by atoms with van der Waals surface area (Å²) in [6.07, 6.45) is 2.17. The number of benzene rings is 1. The standard InChI is InChI=1S/C27H40O7/c1-7-22-17(2)24(32-18(3)28)25(33-19(4)29)26(34-22)31-14-9-8-10-20-11-12-23-21(16-20)27(5,6)13-15-30-23/h11-12,16-17,22,24-26H,7-10,13-15H2,1-6H3. The van der Waals surface area contributed by atoms with Gasteiger partial charge in [0.1, 0.15) is 11.9 Å². The fourth-order valence-corrected chi connectivity index (χ4v) is 4.89. The van der Waals surface area contributed by atoms with E-state index >= 15 is 0 Å². The summed E-state index contributed by atoms with van der Waals surface area (Å²) in [6, 6.07) is 6.50. The Hall–Kier alpha value is -2.12. The van der Waals surface area contributed by atoms with Crippen molar-refractivity contribution < 1.29 is 33.3 Å². The predicted molar refractivity (Wildman–Crippen MR) is 128 cm³/mol. The molecule has 3 rings (SSSR count). The molecule has 2 heterocycles. The second-order valence-corrected chi connectivity index (χ2v) is 10.1. The Bertz CT molecular complexity index is 849. The largest absolute Gasteiger partial charge is 0.493 e. The SMILES string of the molecule is CCC1OC(OCCCCc2ccc3c(c2)C(C)(C)CCO3)C(OC(C)=O)C(OC(C)=O)C1C. The Morgan fingerprint density at radius 3 is 2.47 bits per heavy atom. The van der Waals surface area contributed by atoms with Gasteiger partial charge in [0.2, 0.25) is 0 Å². The van der Waals surface area contributed by atoms with Crippen LogP contribution in [0.25, 0.3) is 0 Å². The van der Waals surface area contributed by atoms with Crippen LogP contribution in [-0.2, 0) is 40.4 Å². The van der Waals surface area contributed by atoms with Crippen LogP contribution in [0.4, 0.5) is 0 Å². The van der Waals surface area contributed by atoms with E-state index in [1.807, 2.05) is 13.8 Å². The van der Waals surface area contributed by atoms with E-state index in [2.05, 4.69) is 32.0 Å². The second kappa shape index (κ2) is 11.5. The van der Waals surface area contributed by atoms with Crippen molar-refractivity contribution in [2.45, 2.75) is 104 Å².